The van der Waals surface area contributed by atoms with Crippen molar-refractivity contribution in [1.82, 2.24) is 4.57 Å². The monoisotopic (exact) mass is 725 g/mol. The first-order valence-corrected chi connectivity index (χ1v) is 19.4. The van der Waals surface area contributed by atoms with E-state index in [-0.39, 0.29) is 5.41 Å². The van der Waals surface area contributed by atoms with E-state index < -0.39 is 0 Å². The lowest BCUT2D eigenvalue weighted by atomic mass is 9.82. The van der Waals surface area contributed by atoms with Gasteiger partial charge in [0.05, 0.1) is 22.4 Å². The Morgan fingerprint density at radius 1 is 0.589 bits per heavy atom. The van der Waals surface area contributed by atoms with E-state index in [2.05, 4.69) is 151 Å². The van der Waals surface area contributed by atoms with Gasteiger partial charge in [0.25, 0.3) is 0 Å². The van der Waals surface area contributed by atoms with Gasteiger partial charge in [0.1, 0.15) is 17.8 Å². The summed E-state index contributed by atoms with van der Waals surface area (Å²) in [4.78, 5) is 9.72. The third kappa shape index (κ3) is 5.77. The summed E-state index contributed by atoms with van der Waals surface area (Å²) < 4.78 is 8.50. The van der Waals surface area contributed by atoms with Gasteiger partial charge in [-0.1, -0.05) is 143 Å². The number of hydrogen-bond donors (Lipinski definition) is 0. The van der Waals surface area contributed by atoms with Gasteiger partial charge in [0, 0.05) is 32.5 Å². The van der Waals surface area contributed by atoms with E-state index in [0.29, 0.717) is 6.67 Å². The maximum atomic E-state index is 6.14. The molecule has 1 aliphatic rings. The largest absolute Gasteiger partial charge is 0.456 e. The van der Waals surface area contributed by atoms with E-state index in [1.165, 1.54) is 49.7 Å². The summed E-state index contributed by atoms with van der Waals surface area (Å²) in [5.41, 5.74) is 15.3. The van der Waals surface area contributed by atoms with Crippen molar-refractivity contribution in [2.75, 3.05) is 0 Å². The topological polar surface area (TPSA) is 42.8 Å². The SMILES string of the molecule is C=N/C(=C\C(=N/Cn1c2ccccc2c2cc3c(cc21)C(C)(C)c1ccc(-c2ccc4oc5ccccc5c4c2)cc1-3)c1ccccc1)c1ccccc1.CC. The standard InChI is InChI=1S/C50H37N3O.C2H6/c1-50(2)42-24-22-34(35-23-25-49-41(27-35)37-19-11-13-21-48(37)54-49)26-38(42)39-28-40-36-18-10-12-20-46(36)53(47(40)29-43(39)50)31-52-45(33-16-8-5-9-17-33)30-44(51-3)32-14-6-4-7-15-32;1-2/h4-30H,3,31H2,1-2H3;1-2H3/b44-30-,52-45+;. The van der Waals surface area contributed by atoms with Crippen LogP contribution in [0.1, 0.15) is 49.9 Å². The highest BCUT2D eigenvalue weighted by Gasteiger charge is 2.36. The first-order valence-electron chi connectivity index (χ1n) is 19.4. The predicted molar refractivity (Wildman–Crippen MR) is 238 cm³/mol. The van der Waals surface area contributed by atoms with Crippen molar-refractivity contribution in [2.45, 2.75) is 39.8 Å². The van der Waals surface area contributed by atoms with Crippen LogP contribution in [0.4, 0.5) is 0 Å². The number of hydrogen-bond acceptors (Lipinski definition) is 3. The van der Waals surface area contributed by atoms with E-state index in [1.54, 1.807) is 0 Å². The number of furan rings is 1. The number of benzene rings is 7. The van der Waals surface area contributed by atoms with Crippen LogP contribution in [0, 0.1) is 0 Å². The highest BCUT2D eigenvalue weighted by Crippen LogP contribution is 2.52. The van der Waals surface area contributed by atoms with Crippen molar-refractivity contribution in [2.24, 2.45) is 9.98 Å². The third-order valence-corrected chi connectivity index (χ3v) is 11.2. The first-order chi connectivity index (χ1) is 27.5. The fourth-order valence-corrected chi connectivity index (χ4v) is 8.46. The Balaban J connectivity index is 0.00000202. The van der Waals surface area contributed by atoms with Crippen molar-refractivity contribution in [3.8, 4) is 22.3 Å². The predicted octanol–water partition coefficient (Wildman–Crippen LogP) is 13.9. The second-order valence-corrected chi connectivity index (χ2v) is 14.7. The Labute approximate surface area is 327 Å². The Kier molecular flexibility index (Phi) is 8.82. The fraction of sp³-hybridized carbons (Fsp3) is 0.115. The van der Waals surface area contributed by atoms with Crippen molar-refractivity contribution in [1.29, 1.82) is 0 Å². The molecule has 0 bridgehead atoms. The third-order valence-electron chi connectivity index (χ3n) is 11.2. The number of aromatic nitrogens is 1. The molecule has 272 valence electrons. The highest BCUT2D eigenvalue weighted by atomic mass is 16.3. The van der Waals surface area contributed by atoms with Crippen molar-refractivity contribution >= 4 is 61.9 Å². The zero-order valence-corrected chi connectivity index (χ0v) is 32.3. The molecule has 0 saturated heterocycles. The average Bonchev–Trinajstić information content (AvgIpc) is 3.86. The minimum atomic E-state index is -0.176. The second-order valence-electron chi connectivity index (χ2n) is 14.7. The van der Waals surface area contributed by atoms with Gasteiger partial charge in [-0.25, -0.2) is 0 Å². The summed E-state index contributed by atoms with van der Waals surface area (Å²) in [6.07, 6.45) is 2.05. The molecule has 0 unspecified atom stereocenters. The molecular weight excluding hydrogens is 683 g/mol. The van der Waals surface area contributed by atoms with Crippen LogP contribution in [-0.4, -0.2) is 17.0 Å². The van der Waals surface area contributed by atoms with Gasteiger partial charge < -0.3 is 8.98 Å². The molecule has 2 aromatic heterocycles. The number of allylic oxidation sites excluding steroid dienone is 1. The van der Waals surface area contributed by atoms with Gasteiger partial charge in [-0.3, -0.25) is 9.98 Å². The van der Waals surface area contributed by atoms with Crippen LogP contribution in [-0.2, 0) is 12.1 Å². The summed E-state index contributed by atoms with van der Waals surface area (Å²) in [5.74, 6) is 0. The Morgan fingerprint density at radius 3 is 1.98 bits per heavy atom. The van der Waals surface area contributed by atoms with Crippen LogP contribution in [0.25, 0.3) is 71.7 Å². The highest BCUT2D eigenvalue weighted by molar-refractivity contribution is 6.13. The maximum absolute atomic E-state index is 6.14. The van der Waals surface area contributed by atoms with Gasteiger partial charge in [0.15, 0.2) is 0 Å². The lowest BCUT2D eigenvalue weighted by molar-refractivity contribution is 0.660. The number of aliphatic imine (C=N–C) groups is 2. The van der Waals surface area contributed by atoms with E-state index >= 15 is 0 Å². The molecule has 56 heavy (non-hydrogen) atoms. The number of rotatable bonds is 7. The molecule has 9 aromatic rings. The van der Waals surface area contributed by atoms with Gasteiger partial charge in [0.2, 0.25) is 0 Å². The molecule has 0 amide bonds. The Morgan fingerprint density at radius 2 is 1.21 bits per heavy atom. The molecule has 0 fully saturated rings. The number of para-hydroxylation sites is 2. The van der Waals surface area contributed by atoms with Crippen LogP contribution < -0.4 is 0 Å². The average molecular weight is 726 g/mol. The van der Waals surface area contributed by atoms with Crippen LogP contribution >= 0.6 is 0 Å². The van der Waals surface area contributed by atoms with Crippen LogP contribution in [0.2, 0.25) is 0 Å². The molecule has 0 N–H and O–H groups in total. The van der Waals surface area contributed by atoms with Gasteiger partial charge in [-0.05, 0) is 94.2 Å². The number of fused-ring (bicyclic) bond motifs is 9. The lowest BCUT2D eigenvalue weighted by Gasteiger charge is -2.22. The second kappa shape index (κ2) is 14.1. The summed E-state index contributed by atoms with van der Waals surface area (Å²) in [5, 5.41) is 4.74. The molecule has 0 spiro atoms. The van der Waals surface area contributed by atoms with Crippen LogP contribution in [0.15, 0.2) is 178 Å². The molecule has 0 saturated carbocycles. The molecule has 0 aliphatic heterocycles. The van der Waals surface area contributed by atoms with E-state index in [4.69, 9.17) is 9.41 Å². The Bertz CT molecular complexity index is 3000. The Hall–Kier alpha value is -6.78. The molecule has 4 nitrogen and oxygen atoms in total. The maximum Gasteiger partial charge on any atom is 0.135 e. The molecular formula is C52H43N3O. The summed E-state index contributed by atoms with van der Waals surface area (Å²) in [7, 11) is 0. The zero-order valence-electron chi connectivity index (χ0n) is 32.3. The number of nitrogens with zero attached hydrogens (tertiary/aromatic N) is 3. The van der Waals surface area contributed by atoms with Crippen LogP contribution in [0.5, 0.6) is 0 Å². The van der Waals surface area contributed by atoms with Gasteiger partial charge >= 0.3 is 0 Å². The van der Waals surface area contributed by atoms with E-state index in [9.17, 15) is 0 Å². The minimum absolute atomic E-state index is 0.176. The quantitative estimate of drug-likeness (QED) is 0.151. The lowest BCUT2D eigenvalue weighted by Crippen LogP contribution is -2.15. The normalized spacial score (nSPS) is 13.5. The summed E-state index contributed by atoms with van der Waals surface area (Å²) >= 11 is 0. The molecule has 0 radical (unpaired) electrons. The molecule has 1 aliphatic carbocycles. The minimum Gasteiger partial charge on any atom is -0.456 e. The van der Waals surface area contributed by atoms with E-state index in [1.807, 2.05) is 56.3 Å². The van der Waals surface area contributed by atoms with Crippen LogP contribution in [0.3, 0.4) is 0 Å². The summed E-state index contributed by atoms with van der Waals surface area (Å²) in [6.45, 7) is 13.1. The van der Waals surface area contributed by atoms with Gasteiger partial charge in [-0.2, -0.15) is 0 Å². The summed E-state index contributed by atoms with van der Waals surface area (Å²) in [6, 6.07) is 55.9. The van der Waals surface area contributed by atoms with Crippen molar-refractivity contribution in [3.05, 3.63) is 186 Å². The molecule has 4 heteroatoms. The van der Waals surface area contributed by atoms with E-state index in [0.717, 1.165) is 50.0 Å². The molecule has 10 rings (SSSR count). The zero-order chi connectivity index (χ0) is 38.4. The molecule has 2 heterocycles. The molecule has 7 aromatic carbocycles. The van der Waals surface area contributed by atoms with Crippen molar-refractivity contribution in [3.63, 3.8) is 0 Å². The molecule has 0 atom stereocenters. The van der Waals surface area contributed by atoms with Gasteiger partial charge in [-0.15, -0.1) is 0 Å². The fourth-order valence-electron chi connectivity index (χ4n) is 8.46. The van der Waals surface area contributed by atoms with Crippen molar-refractivity contribution < 1.29 is 4.42 Å². The first kappa shape index (κ1) is 35.0. The smallest absolute Gasteiger partial charge is 0.135 e.